The van der Waals surface area contributed by atoms with E-state index < -0.39 is 12.0 Å². The van der Waals surface area contributed by atoms with E-state index >= 15 is 0 Å². The van der Waals surface area contributed by atoms with Crippen LogP contribution < -0.4 is 10.1 Å². The molecule has 5 nitrogen and oxygen atoms in total. The molecule has 2 rings (SSSR count). The zero-order chi connectivity index (χ0) is 13.1. The second kappa shape index (κ2) is 5.27. The minimum Gasteiger partial charge on any atom is -0.504 e. The van der Waals surface area contributed by atoms with Gasteiger partial charge in [-0.05, 0) is 36.1 Å². The molecule has 0 saturated heterocycles. The first-order valence-corrected chi connectivity index (χ1v) is 6.05. The normalized spacial score (nSPS) is 18.2. The van der Waals surface area contributed by atoms with Gasteiger partial charge < -0.3 is 20.3 Å². The van der Waals surface area contributed by atoms with Crippen LogP contribution in [0.15, 0.2) is 12.1 Å². The van der Waals surface area contributed by atoms with Gasteiger partial charge in [0, 0.05) is 6.54 Å². The van der Waals surface area contributed by atoms with Gasteiger partial charge in [-0.3, -0.25) is 4.79 Å². The highest BCUT2D eigenvalue weighted by molar-refractivity contribution is 5.74. The van der Waals surface area contributed by atoms with Crippen molar-refractivity contribution >= 4 is 5.97 Å². The molecule has 0 spiro atoms. The fourth-order valence-corrected chi connectivity index (χ4v) is 2.04. The van der Waals surface area contributed by atoms with Crippen LogP contribution in [0.1, 0.15) is 24.5 Å². The van der Waals surface area contributed by atoms with Crippen LogP contribution in [0, 0.1) is 0 Å². The highest BCUT2D eigenvalue weighted by atomic mass is 16.5. The molecule has 18 heavy (non-hydrogen) atoms. The fraction of sp³-hybridized carbons (Fsp3) is 0.462. The molecule has 1 aliphatic rings. The summed E-state index contributed by atoms with van der Waals surface area (Å²) in [6.45, 7) is 3.03. The fourth-order valence-electron chi connectivity index (χ4n) is 2.04. The van der Waals surface area contributed by atoms with Crippen LogP contribution in [-0.4, -0.2) is 28.8 Å². The Labute approximate surface area is 105 Å². The number of carboxylic acid groups (broad SMARTS) is 1. The number of phenolic OH excluding ortho intramolecular Hbond substituents is 1. The molecule has 0 aliphatic carbocycles. The van der Waals surface area contributed by atoms with Crippen molar-refractivity contribution in [2.24, 2.45) is 0 Å². The minimum absolute atomic E-state index is 0.0771. The quantitative estimate of drug-likeness (QED) is 0.751. The summed E-state index contributed by atoms with van der Waals surface area (Å²) in [7, 11) is 0. The first-order chi connectivity index (χ1) is 8.61. The Balaban J connectivity index is 2.21. The highest BCUT2D eigenvalue weighted by Crippen LogP contribution is 2.32. The van der Waals surface area contributed by atoms with E-state index in [9.17, 15) is 9.90 Å². The monoisotopic (exact) mass is 251 g/mol. The van der Waals surface area contributed by atoms with Crippen molar-refractivity contribution in [2.75, 3.05) is 6.61 Å². The SMILES string of the molecule is CCCOc1cc2c(cc1O)CC(C(=O)O)NC2. The van der Waals surface area contributed by atoms with Gasteiger partial charge in [0.25, 0.3) is 0 Å². The summed E-state index contributed by atoms with van der Waals surface area (Å²) in [4.78, 5) is 10.9. The Morgan fingerprint density at radius 1 is 1.50 bits per heavy atom. The predicted molar refractivity (Wildman–Crippen MR) is 65.9 cm³/mol. The molecule has 0 aromatic heterocycles. The summed E-state index contributed by atoms with van der Waals surface area (Å²) < 4.78 is 5.43. The van der Waals surface area contributed by atoms with Gasteiger partial charge in [-0.25, -0.2) is 0 Å². The second-order valence-corrected chi connectivity index (χ2v) is 4.41. The van der Waals surface area contributed by atoms with Crippen LogP contribution >= 0.6 is 0 Å². The summed E-state index contributed by atoms with van der Waals surface area (Å²) in [6.07, 6.45) is 1.25. The lowest BCUT2D eigenvalue weighted by Gasteiger charge is -2.24. The van der Waals surface area contributed by atoms with Gasteiger partial charge in [0.05, 0.1) is 6.61 Å². The summed E-state index contributed by atoms with van der Waals surface area (Å²) in [6, 6.07) is 2.81. The molecule has 1 heterocycles. The number of benzene rings is 1. The number of carbonyl (C=O) groups is 1. The Hall–Kier alpha value is -1.75. The standard InChI is InChI=1S/C13H17NO4/c1-2-3-18-12-6-9-7-14-10(13(16)17)4-8(9)5-11(12)15/h5-6,10,14-15H,2-4,7H2,1H3,(H,16,17). The van der Waals surface area contributed by atoms with Crippen LogP contribution in [0.4, 0.5) is 0 Å². The van der Waals surface area contributed by atoms with Crippen molar-refractivity contribution in [2.45, 2.75) is 32.4 Å². The third kappa shape index (κ3) is 2.56. The van der Waals surface area contributed by atoms with Gasteiger partial charge in [-0.2, -0.15) is 0 Å². The highest BCUT2D eigenvalue weighted by Gasteiger charge is 2.24. The summed E-state index contributed by atoms with van der Waals surface area (Å²) in [5.74, 6) is -0.328. The van der Waals surface area contributed by atoms with Gasteiger partial charge in [0.15, 0.2) is 11.5 Å². The zero-order valence-corrected chi connectivity index (χ0v) is 10.3. The Bertz CT molecular complexity index is 459. The second-order valence-electron chi connectivity index (χ2n) is 4.41. The number of phenols is 1. The minimum atomic E-state index is -0.869. The molecule has 98 valence electrons. The third-order valence-electron chi connectivity index (χ3n) is 3.00. The van der Waals surface area contributed by atoms with Gasteiger partial charge in [-0.15, -0.1) is 0 Å². The number of fused-ring (bicyclic) bond motifs is 1. The first-order valence-electron chi connectivity index (χ1n) is 6.05. The van der Waals surface area contributed by atoms with Gasteiger partial charge in [-0.1, -0.05) is 6.92 Å². The van der Waals surface area contributed by atoms with E-state index in [1.807, 2.05) is 6.92 Å². The van der Waals surface area contributed by atoms with Crippen LogP contribution in [0.5, 0.6) is 11.5 Å². The van der Waals surface area contributed by atoms with Crippen molar-refractivity contribution in [3.8, 4) is 11.5 Å². The Morgan fingerprint density at radius 2 is 2.28 bits per heavy atom. The lowest BCUT2D eigenvalue weighted by molar-refractivity contribution is -0.139. The maximum absolute atomic E-state index is 10.9. The van der Waals surface area contributed by atoms with Crippen LogP contribution in [0.2, 0.25) is 0 Å². The summed E-state index contributed by atoms with van der Waals surface area (Å²) in [5, 5.41) is 21.7. The number of aromatic hydroxyl groups is 1. The summed E-state index contributed by atoms with van der Waals surface area (Å²) >= 11 is 0. The van der Waals surface area contributed by atoms with E-state index in [1.165, 1.54) is 0 Å². The molecule has 5 heteroatoms. The van der Waals surface area contributed by atoms with E-state index in [2.05, 4.69) is 5.32 Å². The molecule has 0 amide bonds. The number of hydrogen-bond donors (Lipinski definition) is 3. The number of nitrogens with one attached hydrogen (secondary N) is 1. The Morgan fingerprint density at radius 3 is 2.94 bits per heavy atom. The van der Waals surface area contributed by atoms with Crippen molar-refractivity contribution in [1.82, 2.24) is 5.32 Å². The van der Waals surface area contributed by atoms with Gasteiger partial charge >= 0.3 is 5.97 Å². The number of rotatable bonds is 4. The van der Waals surface area contributed by atoms with Crippen LogP contribution in [-0.2, 0) is 17.8 Å². The summed E-state index contributed by atoms with van der Waals surface area (Å²) in [5.41, 5.74) is 1.85. The maximum Gasteiger partial charge on any atom is 0.321 e. The van der Waals surface area contributed by atoms with Gasteiger partial charge in [0.1, 0.15) is 6.04 Å². The topological polar surface area (TPSA) is 78.8 Å². The zero-order valence-electron chi connectivity index (χ0n) is 10.3. The molecular weight excluding hydrogens is 234 g/mol. The molecule has 1 aliphatic heterocycles. The molecule has 3 N–H and O–H groups in total. The molecule has 0 radical (unpaired) electrons. The average Bonchev–Trinajstić information content (AvgIpc) is 2.35. The number of aliphatic carboxylic acids is 1. The molecular formula is C13H17NO4. The van der Waals surface area contributed by atoms with Crippen molar-refractivity contribution in [3.05, 3.63) is 23.3 Å². The number of hydrogen-bond acceptors (Lipinski definition) is 4. The Kier molecular flexibility index (Phi) is 3.72. The van der Waals surface area contributed by atoms with Crippen molar-refractivity contribution in [1.29, 1.82) is 0 Å². The first kappa shape index (κ1) is 12.7. The smallest absolute Gasteiger partial charge is 0.321 e. The molecule has 0 bridgehead atoms. The maximum atomic E-state index is 10.9. The molecule has 1 aromatic carbocycles. The number of carboxylic acids is 1. The predicted octanol–water partition coefficient (Wildman–Crippen LogP) is 1.28. The van der Waals surface area contributed by atoms with Crippen molar-refractivity contribution < 1.29 is 19.7 Å². The van der Waals surface area contributed by atoms with Gasteiger partial charge in [0.2, 0.25) is 0 Å². The molecule has 1 unspecified atom stereocenters. The largest absolute Gasteiger partial charge is 0.504 e. The van der Waals surface area contributed by atoms with E-state index in [1.54, 1.807) is 12.1 Å². The van der Waals surface area contributed by atoms with E-state index in [0.717, 1.165) is 17.5 Å². The lowest BCUT2D eigenvalue weighted by Crippen LogP contribution is -2.41. The van der Waals surface area contributed by atoms with Crippen LogP contribution in [0.3, 0.4) is 0 Å². The van der Waals surface area contributed by atoms with E-state index in [0.29, 0.717) is 25.3 Å². The third-order valence-corrected chi connectivity index (χ3v) is 3.00. The molecule has 0 fully saturated rings. The van der Waals surface area contributed by atoms with E-state index in [-0.39, 0.29) is 5.75 Å². The van der Waals surface area contributed by atoms with E-state index in [4.69, 9.17) is 9.84 Å². The van der Waals surface area contributed by atoms with Crippen molar-refractivity contribution in [3.63, 3.8) is 0 Å². The molecule has 1 atom stereocenters. The molecule has 1 aromatic rings. The van der Waals surface area contributed by atoms with Crippen LogP contribution in [0.25, 0.3) is 0 Å². The lowest BCUT2D eigenvalue weighted by atomic mass is 9.95. The average molecular weight is 251 g/mol. The number of ether oxygens (including phenoxy) is 1. The molecule has 0 saturated carbocycles.